The molecule has 1 aliphatic carbocycles. The lowest BCUT2D eigenvalue weighted by molar-refractivity contribution is 0.0969. The summed E-state index contributed by atoms with van der Waals surface area (Å²) in [6, 6.07) is 4.73. The zero-order valence-corrected chi connectivity index (χ0v) is 17.4. The number of rotatable bonds is 7. The Morgan fingerprint density at radius 1 is 1.13 bits per heavy atom. The second-order valence-electron chi connectivity index (χ2n) is 7.20. The van der Waals surface area contributed by atoms with Gasteiger partial charge in [0.05, 0.1) is 18.8 Å². The molecule has 0 unspecified atom stereocenters. The van der Waals surface area contributed by atoms with Gasteiger partial charge in [0, 0.05) is 24.0 Å². The molecule has 0 spiro atoms. The minimum absolute atomic E-state index is 0.0913. The summed E-state index contributed by atoms with van der Waals surface area (Å²) in [6.45, 7) is 2.23. The number of hydrogen-bond donors (Lipinski definition) is 1. The fourth-order valence-electron chi connectivity index (χ4n) is 3.19. The van der Waals surface area contributed by atoms with Crippen molar-refractivity contribution in [2.24, 2.45) is 0 Å². The van der Waals surface area contributed by atoms with Crippen LogP contribution in [0.1, 0.15) is 17.3 Å². The Bertz CT molecular complexity index is 910. The normalized spacial score (nSPS) is 17.8. The maximum Gasteiger partial charge on any atom is 0.182 e. The predicted molar refractivity (Wildman–Crippen MR) is 117 cm³/mol. The SMILES string of the molecule is CCOc1ccc(C(=O)CN2C=CC(=C3C=CC(N(C)C)C=C3)C=C2)cc1N([O-])O. The molecule has 1 aliphatic heterocycles. The summed E-state index contributed by atoms with van der Waals surface area (Å²) in [5, 5.41) is 20.4. The van der Waals surface area contributed by atoms with E-state index >= 15 is 0 Å². The molecule has 1 aromatic carbocycles. The number of Topliss-reactive ketones (excluding diaryl/α,β-unsaturated/α-hetero) is 1. The van der Waals surface area contributed by atoms with Crippen molar-refractivity contribution in [1.29, 1.82) is 0 Å². The molecule has 2 aliphatic rings. The largest absolute Gasteiger partial charge is 0.733 e. The first-order chi connectivity index (χ1) is 14.4. The monoisotopic (exact) mass is 408 g/mol. The number of ketones is 1. The molecule has 7 nitrogen and oxygen atoms in total. The van der Waals surface area contributed by atoms with Gasteiger partial charge in [0.25, 0.3) is 0 Å². The van der Waals surface area contributed by atoms with Gasteiger partial charge in [-0.3, -0.25) is 14.9 Å². The van der Waals surface area contributed by atoms with Gasteiger partial charge in [-0.25, -0.2) is 0 Å². The zero-order chi connectivity index (χ0) is 21.7. The average molecular weight is 408 g/mol. The van der Waals surface area contributed by atoms with Gasteiger partial charge in [-0.15, -0.1) is 0 Å². The molecule has 1 N–H and O–H groups in total. The second-order valence-corrected chi connectivity index (χ2v) is 7.20. The van der Waals surface area contributed by atoms with Crippen LogP contribution in [0.4, 0.5) is 5.69 Å². The molecule has 0 aromatic heterocycles. The molecule has 0 saturated heterocycles. The lowest BCUT2D eigenvalue weighted by atomic mass is 9.99. The molecule has 1 aromatic rings. The Labute approximate surface area is 176 Å². The van der Waals surface area contributed by atoms with Crippen molar-refractivity contribution in [1.82, 2.24) is 9.80 Å². The first-order valence-electron chi connectivity index (χ1n) is 9.74. The van der Waals surface area contributed by atoms with Crippen LogP contribution in [0.5, 0.6) is 5.75 Å². The summed E-state index contributed by atoms with van der Waals surface area (Å²) in [7, 11) is 4.07. The maximum atomic E-state index is 12.6. The molecular weight excluding hydrogens is 382 g/mol. The van der Waals surface area contributed by atoms with E-state index in [-0.39, 0.29) is 29.0 Å². The fraction of sp³-hybridized carbons (Fsp3) is 0.261. The number of anilines is 1. The van der Waals surface area contributed by atoms with E-state index in [0.717, 1.165) is 11.1 Å². The molecule has 0 radical (unpaired) electrons. The van der Waals surface area contributed by atoms with Gasteiger partial charge in [-0.05, 0) is 62.5 Å². The summed E-state index contributed by atoms with van der Waals surface area (Å²) < 4.78 is 5.31. The van der Waals surface area contributed by atoms with Gasteiger partial charge >= 0.3 is 0 Å². The van der Waals surface area contributed by atoms with E-state index in [1.807, 2.05) is 38.6 Å². The van der Waals surface area contributed by atoms with E-state index in [2.05, 4.69) is 29.2 Å². The first-order valence-corrected chi connectivity index (χ1v) is 9.74. The molecule has 0 saturated carbocycles. The molecule has 7 heteroatoms. The Balaban J connectivity index is 1.67. The van der Waals surface area contributed by atoms with E-state index in [0.29, 0.717) is 18.2 Å². The summed E-state index contributed by atoms with van der Waals surface area (Å²) in [6.07, 6.45) is 16.1. The predicted octanol–water partition coefficient (Wildman–Crippen LogP) is 3.66. The number of nitrogens with zero attached hydrogens (tertiary/aromatic N) is 3. The molecule has 0 atom stereocenters. The Morgan fingerprint density at radius 3 is 2.33 bits per heavy atom. The Morgan fingerprint density at radius 2 is 1.77 bits per heavy atom. The summed E-state index contributed by atoms with van der Waals surface area (Å²) >= 11 is 0. The second kappa shape index (κ2) is 9.58. The number of allylic oxidation sites excluding steroid dienone is 6. The molecule has 158 valence electrons. The van der Waals surface area contributed by atoms with Crippen molar-refractivity contribution >= 4 is 11.5 Å². The number of carbonyl (C=O) groups is 1. The van der Waals surface area contributed by atoms with Crippen molar-refractivity contribution in [3.05, 3.63) is 89.0 Å². The lowest BCUT2D eigenvalue weighted by Gasteiger charge is -2.25. The topological polar surface area (TPSA) is 79.3 Å². The Kier molecular flexibility index (Phi) is 6.89. The number of carbonyl (C=O) groups excluding carboxylic acids is 1. The number of benzene rings is 1. The highest BCUT2D eigenvalue weighted by atomic mass is 16.8. The van der Waals surface area contributed by atoms with Gasteiger partial charge in [0.2, 0.25) is 0 Å². The number of likely N-dealkylation sites (N-methyl/N-ethyl adjacent to an activating group) is 1. The molecule has 0 amide bonds. The zero-order valence-electron chi connectivity index (χ0n) is 17.4. The van der Waals surface area contributed by atoms with E-state index in [9.17, 15) is 15.2 Å². The summed E-state index contributed by atoms with van der Waals surface area (Å²) in [4.78, 5) is 16.6. The van der Waals surface area contributed by atoms with Crippen molar-refractivity contribution in [3.8, 4) is 5.75 Å². The molecule has 0 fully saturated rings. The van der Waals surface area contributed by atoms with Crippen molar-refractivity contribution in [2.75, 3.05) is 32.5 Å². The van der Waals surface area contributed by atoms with Crippen molar-refractivity contribution < 1.29 is 14.7 Å². The lowest BCUT2D eigenvalue weighted by Crippen LogP contribution is -2.24. The van der Waals surface area contributed by atoms with Crippen LogP contribution >= 0.6 is 0 Å². The van der Waals surface area contributed by atoms with Gasteiger partial charge in [0.15, 0.2) is 5.78 Å². The number of ether oxygens (including phenoxy) is 1. The number of hydrogen-bond acceptors (Lipinski definition) is 7. The van der Waals surface area contributed by atoms with Crippen LogP contribution in [0.3, 0.4) is 0 Å². The van der Waals surface area contributed by atoms with E-state index < -0.39 is 0 Å². The molecular formula is C23H26N3O4-. The third kappa shape index (κ3) is 5.07. The summed E-state index contributed by atoms with van der Waals surface area (Å²) in [5.74, 6) is 0.0449. The van der Waals surface area contributed by atoms with Gasteiger partial charge < -0.3 is 20.1 Å². The van der Waals surface area contributed by atoms with Crippen LogP contribution in [-0.4, -0.2) is 54.1 Å². The molecule has 0 bridgehead atoms. The van der Waals surface area contributed by atoms with Crippen LogP contribution in [-0.2, 0) is 0 Å². The van der Waals surface area contributed by atoms with E-state index in [1.54, 1.807) is 17.9 Å². The van der Waals surface area contributed by atoms with Crippen LogP contribution < -0.4 is 9.96 Å². The van der Waals surface area contributed by atoms with Crippen LogP contribution in [0.2, 0.25) is 0 Å². The van der Waals surface area contributed by atoms with Gasteiger partial charge in [0.1, 0.15) is 5.75 Å². The molecule has 1 heterocycles. The van der Waals surface area contributed by atoms with Crippen molar-refractivity contribution in [3.63, 3.8) is 0 Å². The Hall–Kier alpha value is -3.13. The summed E-state index contributed by atoms with van der Waals surface area (Å²) in [5.41, 5.74) is 2.41. The quantitative estimate of drug-likeness (QED) is 0.545. The van der Waals surface area contributed by atoms with Crippen LogP contribution in [0, 0.1) is 5.21 Å². The molecule has 30 heavy (non-hydrogen) atoms. The van der Waals surface area contributed by atoms with Crippen molar-refractivity contribution in [2.45, 2.75) is 13.0 Å². The average Bonchev–Trinajstić information content (AvgIpc) is 2.74. The highest BCUT2D eigenvalue weighted by Crippen LogP contribution is 2.29. The minimum Gasteiger partial charge on any atom is -0.733 e. The molecule has 3 rings (SSSR count). The third-order valence-corrected chi connectivity index (χ3v) is 4.88. The highest BCUT2D eigenvalue weighted by molar-refractivity contribution is 5.99. The third-order valence-electron chi connectivity index (χ3n) is 4.88. The van der Waals surface area contributed by atoms with Gasteiger partial charge in [-0.2, -0.15) is 0 Å². The standard InChI is InChI=1S/C23H26N3O4/c1-4-30-23-10-7-19(15-21(23)26(28)29)22(27)16-25-13-11-18(12-14-25)17-5-8-20(9-6-17)24(2)3/h5-15,20,28H,4,16H2,1-3H3/q-1. The fourth-order valence-corrected chi connectivity index (χ4v) is 3.19. The van der Waals surface area contributed by atoms with Crippen LogP contribution in [0.15, 0.2) is 78.2 Å². The van der Waals surface area contributed by atoms with E-state index in [1.165, 1.54) is 12.1 Å². The maximum absolute atomic E-state index is 12.6. The highest BCUT2D eigenvalue weighted by Gasteiger charge is 2.15. The smallest absolute Gasteiger partial charge is 0.182 e. The van der Waals surface area contributed by atoms with Crippen LogP contribution in [0.25, 0.3) is 0 Å². The minimum atomic E-state index is -0.285. The van der Waals surface area contributed by atoms with E-state index in [4.69, 9.17) is 4.74 Å². The van der Waals surface area contributed by atoms with Gasteiger partial charge in [-0.1, -0.05) is 24.3 Å². The first kappa shape index (κ1) is 21.6.